The first kappa shape index (κ1) is 19.9. The van der Waals surface area contributed by atoms with E-state index in [1.807, 2.05) is 16.7 Å². The SMILES string of the molecule is CC1(C)CCC(c2cn3cc(C(=O)Nc4ccccn4)nc(OC4CCC4)c3n2)CO1. The van der Waals surface area contributed by atoms with Crippen LogP contribution in [0.25, 0.3) is 5.65 Å². The number of aromatic nitrogens is 4. The van der Waals surface area contributed by atoms with E-state index in [2.05, 4.69) is 29.1 Å². The van der Waals surface area contributed by atoms with Crippen LogP contribution >= 0.6 is 0 Å². The molecule has 0 spiro atoms. The van der Waals surface area contributed by atoms with Gasteiger partial charge in [-0.2, -0.15) is 0 Å². The number of hydrogen-bond acceptors (Lipinski definition) is 6. The van der Waals surface area contributed by atoms with E-state index in [4.69, 9.17) is 14.5 Å². The summed E-state index contributed by atoms with van der Waals surface area (Å²) in [6.07, 6.45) is 10.6. The second-order valence-corrected chi connectivity index (χ2v) is 8.97. The fraction of sp³-hybridized carbons (Fsp3) is 0.478. The van der Waals surface area contributed by atoms with Crippen molar-refractivity contribution in [2.45, 2.75) is 63.6 Å². The van der Waals surface area contributed by atoms with Gasteiger partial charge in [-0.15, -0.1) is 0 Å². The molecular weight excluding hydrogens is 394 g/mol. The number of hydrogen-bond donors (Lipinski definition) is 1. The summed E-state index contributed by atoms with van der Waals surface area (Å²) in [4.78, 5) is 26.3. The molecule has 31 heavy (non-hydrogen) atoms. The zero-order valence-corrected chi connectivity index (χ0v) is 17.9. The maximum absolute atomic E-state index is 12.8. The highest BCUT2D eigenvalue weighted by Gasteiger charge is 2.30. The van der Waals surface area contributed by atoms with Crippen LogP contribution in [0.2, 0.25) is 0 Å². The molecule has 0 radical (unpaired) electrons. The monoisotopic (exact) mass is 421 g/mol. The lowest BCUT2D eigenvalue weighted by atomic mass is 9.90. The molecule has 5 rings (SSSR count). The van der Waals surface area contributed by atoms with Crippen LogP contribution in [-0.2, 0) is 4.74 Å². The van der Waals surface area contributed by atoms with E-state index in [0.717, 1.165) is 37.8 Å². The van der Waals surface area contributed by atoms with Gasteiger partial charge in [0.2, 0.25) is 5.65 Å². The summed E-state index contributed by atoms with van der Waals surface area (Å²) in [5, 5.41) is 2.79. The number of carbonyl (C=O) groups excluding carboxylic acids is 1. The molecule has 1 saturated carbocycles. The number of carbonyl (C=O) groups is 1. The Labute approximate surface area is 181 Å². The smallest absolute Gasteiger partial charge is 0.277 e. The summed E-state index contributed by atoms with van der Waals surface area (Å²) < 4.78 is 14.0. The summed E-state index contributed by atoms with van der Waals surface area (Å²) in [6, 6.07) is 5.36. The lowest BCUT2D eigenvalue weighted by Gasteiger charge is -2.34. The summed E-state index contributed by atoms with van der Waals surface area (Å²) >= 11 is 0. The molecule has 1 N–H and O–H groups in total. The zero-order valence-electron chi connectivity index (χ0n) is 17.9. The van der Waals surface area contributed by atoms with Crippen LogP contribution in [0.1, 0.15) is 68.1 Å². The number of pyridine rings is 1. The molecule has 1 aliphatic carbocycles. The van der Waals surface area contributed by atoms with Gasteiger partial charge in [-0.05, 0) is 58.1 Å². The van der Waals surface area contributed by atoms with Crippen molar-refractivity contribution in [2.75, 3.05) is 11.9 Å². The molecule has 2 fully saturated rings. The molecule has 2 aliphatic rings. The lowest BCUT2D eigenvalue weighted by Crippen LogP contribution is -2.32. The average molecular weight is 422 g/mol. The van der Waals surface area contributed by atoms with E-state index in [1.54, 1.807) is 24.5 Å². The number of fused-ring (bicyclic) bond motifs is 1. The third-order valence-corrected chi connectivity index (χ3v) is 6.08. The highest BCUT2D eigenvalue weighted by molar-refractivity contribution is 6.02. The quantitative estimate of drug-likeness (QED) is 0.670. The number of imidazole rings is 1. The number of anilines is 1. The van der Waals surface area contributed by atoms with Crippen molar-refractivity contribution in [2.24, 2.45) is 0 Å². The number of nitrogens with zero attached hydrogens (tertiary/aromatic N) is 4. The molecule has 1 aliphatic heterocycles. The Morgan fingerprint density at radius 2 is 2.10 bits per heavy atom. The molecule has 0 aromatic carbocycles. The minimum atomic E-state index is -0.336. The van der Waals surface area contributed by atoms with Gasteiger partial charge in [-0.25, -0.2) is 15.0 Å². The largest absolute Gasteiger partial charge is 0.472 e. The van der Waals surface area contributed by atoms with Crippen molar-refractivity contribution in [1.82, 2.24) is 19.4 Å². The summed E-state index contributed by atoms with van der Waals surface area (Å²) in [5.41, 5.74) is 1.75. The molecule has 1 atom stereocenters. The average Bonchev–Trinajstić information content (AvgIpc) is 3.15. The molecule has 4 heterocycles. The minimum Gasteiger partial charge on any atom is -0.472 e. The molecule has 1 amide bonds. The Morgan fingerprint density at radius 1 is 1.23 bits per heavy atom. The Balaban J connectivity index is 1.46. The Hall–Kier alpha value is -3.00. The number of ether oxygens (including phenoxy) is 2. The Morgan fingerprint density at radius 3 is 2.77 bits per heavy atom. The number of amides is 1. The molecule has 8 nitrogen and oxygen atoms in total. The Bertz CT molecular complexity index is 1080. The molecular formula is C23H27N5O3. The van der Waals surface area contributed by atoms with Crippen molar-refractivity contribution in [1.29, 1.82) is 0 Å². The van der Waals surface area contributed by atoms with Crippen LogP contribution in [0.15, 0.2) is 36.8 Å². The predicted molar refractivity (Wildman–Crippen MR) is 115 cm³/mol. The van der Waals surface area contributed by atoms with Crippen molar-refractivity contribution < 1.29 is 14.3 Å². The second-order valence-electron chi connectivity index (χ2n) is 8.97. The lowest BCUT2D eigenvalue weighted by molar-refractivity contribution is -0.0615. The molecule has 1 saturated heterocycles. The second kappa shape index (κ2) is 7.92. The van der Waals surface area contributed by atoms with E-state index >= 15 is 0 Å². The molecule has 3 aromatic rings. The fourth-order valence-corrected chi connectivity index (χ4v) is 3.87. The highest BCUT2D eigenvalue weighted by atomic mass is 16.5. The van der Waals surface area contributed by atoms with Crippen molar-refractivity contribution >= 4 is 17.4 Å². The first-order chi connectivity index (χ1) is 15.0. The fourth-order valence-electron chi connectivity index (χ4n) is 3.87. The zero-order chi connectivity index (χ0) is 21.4. The molecule has 162 valence electrons. The normalized spacial score (nSPS) is 20.9. The predicted octanol–water partition coefficient (Wildman–Crippen LogP) is 3.98. The Kier molecular flexibility index (Phi) is 5.09. The number of nitrogens with one attached hydrogen (secondary N) is 1. The maximum Gasteiger partial charge on any atom is 0.277 e. The minimum absolute atomic E-state index is 0.0908. The molecule has 0 bridgehead atoms. The van der Waals surface area contributed by atoms with Gasteiger partial charge in [-0.3, -0.25) is 9.20 Å². The van der Waals surface area contributed by atoms with Gasteiger partial charge in [0, 0.05) is 24.5 Å². The first-order valence-electron chi connectivity index (χ1n) is 10.9. The van der Waals surface area contributed by atoms with E-state index in [0.29, 0.717) is 24.0 Å². The topological polar surface area (TPSA) is 90.6 Å². The van der Waals surface area contributed by atoms with Gasteiger partial charge < -0.3 is 14.8 Å². The number of rotatable bonds is 5. The van der Waals surface area contributed by atoms with Crippen molar-refractivity contribution in [3.8, 4) is 5.88 Å². The van der Waals surface area contributed by atoms with Crippen molar-refractivity contribution in [3.63, 3.8) is 0 Å². The van der Waals surface area contributed by atoms with E-state index in [1.165, 1.54) is 0 Å². The van der Waals surface area contributed by atoms with Gasteiger partial charge in [0.25, 0.3) is 11.8 Å². The summed E-state index contributed by atoms with van der Waals surface area (Å²) in [6.45, 7) is 4.87. The van der Waals surface area contributed by atoms with Crippen molar-refractivity contribution in [3.05, 3.63) is 48.2 Å². The third-order valence-electron chi connectivity index (χ3n) is 6.08. The summed E-state index contributed by atoms with van der Waals surface area (Å²) in [7, 11) is 0. The van der Waals surface area contributed by atoms with Gasteiger partial charge in [-0.1, -0.05) is 6.07 Å². The molecule has 8 heteroatoms. The van der Waals surface area contributed by atoms with Crippen LogP contribution in [0.5, 0.6) is 5.88 Å². The molecule has 1 unspecified atom stereocenters. The highest BCUT2D eigenvalue weighted by Crippen LogP contribution is 2.34. The summed E-state index contributed by atoms with van der Waals surface area (Å²) in [5.74, 6) is 0.762. The van der Waals surface area contributed by atoms with E-state index in [9.17, 15) is 4.79 Å². The van der Waals surface area contributed by atoms with Crippen LogP contribution in [0.3, 0.4) is 0 Å². The first-order valence-corrected chi connectivity index (χ1v) is 10.9. The van der Waals surface area contributed by atoms with Crippen LogP contribution in [-0.4, -0.2) is 43.6 Å². The van der Waals surface area contributed by atoms with Gasteiger partial charge in [0.15, 0.2) is 0 Å². The third kappa shape index (κ3) is 4.25. The van der Waals surface area contributed by atoms with Crippen LogP contribution < -0.4 is 10.1 Å². The molecule has 3 aromatic heterocycles. The van der Waals surface area contributed by atoms with E-state index < -0.39 is 0 Å². The maximum atomic E-state index is 12.8. The standard InChI is InChI=1S/C23H27N5O3/c1-23(2)10-9-15(14-30-23)17-12-28-13-18(21(29)27-19-8-3-4-11-24-19)26-22(20(28)25-17)31-16-6-5-7-16/h3-4,8,11-13,15-16H,5-7,9-10,14H2,1-2H3,(H,24,27,29). The van der Waals surface area contributed by atoms with E-state index in [-0.39, 0.29) is 29.2 Å². The van der Waals surface area contributed by atoms with Gasteiger partial charge >= 0.3 is 0 Å². The van der Waals surface area contributed by atoms with Crippen LogP contribution in [0, 0.1) is 0 Å². The van der Waals surface area contributed by atoms with Gasteiger partial charge in [0.1, 0.15) is 17.6 Å². The van der Waals surface area contributed by atoms with Gasteiger partial charge in [0.05, 0.1) is 17.9 Å². The van der Waals surface area contributed by atoms with Crippen LogP contribution in [0.4, 0.5) is 5.82 Å².